The van der Waals surface area contributed by atoms with Crippen LogP contribution in [-0.4, -0.2) is 15.7 Å². The number of anilines is 2. The van der Waals surface area contributed by atoms with E-state index in [1.54, 1.807) is 24.7 Å². The number of hydrogen-bond acceptors (Lipinski definition) is 4. The van der Waals surface area contributed by atoms with Crippen molar-refractivity contribution >= 4 is 28.7 Å². The van der Waals surface area contributed by atoms with Crippen LogP contribution in [0.2, 0.25) is 0 Å². The summed E-state index contributed by atoms with van der Waals surface area (Å²) < 4.78 is 1.57. The van der Waals surface area contributed by atoms with Gasteiger partial charge in [-0.15, -0.1) is 11.3 Å². The van der Waals surface area contributed by atoms with E-state index >= 15 is 0 Å². The lowest BCUT2D eigenvalue weighted by Gasteiger charge is -2.04. The van der Waals surface area contributed by atoms with E-state index < -0.39 is 0 Å². The third kappa shape index (κ3) is 2.16. The standard InChI is InChI=1S/C11H14N4OS/c1-6-4-5-8(17-6)11(16)13-10-9(12)7(2)14-15(10)3/h4-5H,12H2,1-3H3,(H,13,16). The maximum absolute atomic E-state index is 11.9. The summed E-state index contributed by atoms with van der Waals surface area (Å²) in [5.41, 5.74) is 7.06. The summed E-state index contributed by atoms with van der Waals surface area (Å²) in [6, 6.07) is 3.71. The number of carbonyl (C=O) groups is 1. The van der Waals surface area contributed by atoms with Gasteiger partial charge >= 0.3 is 0 Å². The van der Waals surface area contributed by atoms with Gasteiger partial charge < -0.3 is 11.1 Å². The molecule has 90 valence electrons. The number of nitrogen functional groups attached to an aromatic ring is 1. The Morgan fingerprint density at radius 2 is 2.18 bits per heavy atom. The molecule has 1 amide bonds. The molecule has 0 aliphatic rings. The van der Waals surface area contributed by atoms with Crippen molar-refractivity contribution in [2.75, 3.05) is 11.1 Å². The minimum absolute atomic E-state index is 0.155. The Kier molecular flexibility index (Phi) is 2.89. The molecule has 0 aromatic carbocycles. The number of nitrogens with two attached hydrogens (primary N) is 1. The number of aryl methyl sites for hydroxylation is 3. The summed E-state index contributed by atoms with van der Waals surface area (Å²) in [4.78, 5) is 13.7. The third-order valence-corrected chi connectivity index (χ3v) is 3.46. The second-order valence-electron chi connectivity index (χ2n) is 3.84. The summed E-state index contributed by atoms with van der Waals surface area (Å²) in [5.74, 6) is 0.386. The predicted octanol–water partition coefficient (Wildman–Crippen LogP) is 1.93. The molecule has 5 nitrogen and oxygen atoms in total. The number of nitrogens with zero attached hydrogens (tertiary/aromatic N) is 2. The van der Waals surface area contributed by atoms with Crippen LogP contribution < -0.4 is 11.1 Å². The topological polar surface area (TPSA) is 72.9 Å². The summed E-state index contributed by atoms with van der Waals surface area (Å²) in [6.07, 6.45) is 0. The highest BCUT2D eigenvalue weighted by Crippen LogP contribution is 2.23. The van der Waals surface area contributed by atoms with Crippen LogP contribution in [0, 0.1) is 13.8 Å². The molecule has 0 spiro atoms. The number of carbonyl (C=O) groups excluding carboxylic acids is 1. The summed E-state index contributed by atoms with van der Waals surface area (Å²) >= 11 is 1.45. The van der Waals surface area contributed by atoms with Crippen LogP contribution in [0.25, 0.3) is 0 Å². The third-order valence-electron chi connectivity index (χ3n) is 2.46. The molecule has 0 bridgehead atoms. The number of thiophene rings is 1. The molecule has 2 heterocycles. The van der Waals surface area contributed by atoms with Gasteiger partial charge in [0.05, 0.1) is 16.3 Å². The van der Waals surface area contributed by atoms with Crippen molar-refractivity contribution in [1.29, 1.82) is 0 Å². The van der Waals surface area contributed by atoms with Crippen molar-refractivity contribution in [1.82, 2.24) is 9.78 Å². The van der Waals surface area contributed by atoms with E-state index in [1.807, 2.05) is 13.0 Å². The van der Waals surface area contributed by atoms with E-state index in [4.69, 9.17) is 5.73 Å². The number of rotatable bonds is 2. The maximum atomic E-state index is 11.9. The lowest BCUT2D eigenvalue weighted by Crippen LogP contribution is -2.14. The molecule has 3 N–H and O–H groups in total. The number of hydrogen-bond donors (Lipinski definition) is 2. The van der Waals surface area contributed by atoms with E-state index in [2.05, 4.69) is 10.4 Å². The van der Waals surface area contributed by atoms with Gasteiger partial charge in [-0.25, -0.2) is 0 Å². The Morgan fingerprint density at radius 3 is 2.65 bits per heavy atom. The van der Waals surface area contributed by atoms with Crippen molar-refractivity contribution < 1.29 is 4.79 Å². The molecule has 0 radical (unpaired) electrons. The molecule has 17 heavy (non-hydrogen) atoms. The van der Waals surface area contributed by atoms with Crippen molar-refractivity contribution in [3.63, 3.8) is 0 Å². The second-order valence-corrected chi connectivity index (χ2v) is 5.12. The van der Waals surface area contributed by atoms with Gasteiger partial charge in [0.2, 0.25) is 0 Å². The van der Waals surface area contributed by atoms with Gasteiger partial charge in [-0.3, -0.25) is 9.48 Å². The lowest BCUT2D eigenvalue weighted by atomic mass is 10.3. The van der Waals surface area contributed by atoms with E-state index in [-0.39, 0.29) is 5.91 Å². The van der Waals surface area contributed by atoms with Crippen molar-refractivity contribution in [3.05, 3.63) is 27.6 Å². The Bertz CT molecular complexity index is 570. The average molecular weight is 250 g/mol. The highest BCUT2D eigenvalue weighted by molar-refractivity contribution is 7.14. The first kappa shape index (κ1) is 11.7. The first-order chi connectivity index (χ1) is 7.99. The molecule has 6 heteroatoms. The molecule has 0 saturated heterocycles. The molecule has 2 aromatic heterocycles. The average Bonchev–Trinajstić information content (AvgIpc) is 2.79. The molecule has 0 aliphatic carbocycles. The molecular weight excluding hydrogens is 236 g/mol. The normalized spacial score (nSPS) is 10.5. The number of aromatic nitrogens is 2. The molecule has 0 atom stereocenters. The van der Waals surface area contributed by atoms with Gasteiger partial charge in [0.1, 0.15) is 0 Å². The zero-order valence-corrected chi connectivity index (χ0v) is 10.8. The van der Waals surface area contributed by atoms with Crippen LogP contribution in [0.15, 0.2) is 12.1 Å². The molecule has 0 aliphatic heterocycles. The Labute approximate surface area is 103 Å². The van der Waals surface area contributed by atoms with E-state index in [0.29, 0.717) is 22.1 Å². The van der Waals surface area contributed by atoms with Crippen LogP contribution in [0.4, 0.5) is 11.5 Å². The smallest absolute Gasteiger partial charge is 0.266 e. The highest BCUT2D eigenvalue weighted by atomic mass is 32.1. The monoisotopic (exact) mass is 250 g/mol. The van der Waals surface area contributed by atoms with E-state index in [0.717, 1.165) is 4.88 Å². The fraction of sp³-hybridized carbons (Fsp3) is 0.273. The molecular formula is C11H14N4OS. The van der Waals surface area contributed by atoms with Gasteiger partial charge in [-0.2, -0.15) is 5.10 Å². The van der Waals surface area contributed by atoms with E-state index in [9.17, 15) is 4.79 Å². The summed E-state index contributed by atoms with van der Waals surface area (Å²) in [5, 5.41) is 6.92. The van der Waals surface area contributed by atoms with Gasteiger partial charge in [0.25, 0.3) is 5.91 Å². The van der Waals surface area contributed by atoms with Gasteiger partial charge in [0, 0.05) is 11.9 Å². The van der Waals surface area contributed by atoms with Crippen molar-refractivity contribution in [2.45, 2.75) is 13.8 Å². The Balaban J connectivity index is 2.24. The SMILES string of the molecule is Cc1ccc(C(=O)Nc2c(N)c(C)nn2C)s1. The molecule has 2 aromatic rings. The molecule has 0 fully saturated rings. The van der Waals surface area contributed by atoms with Gasteiger partial charge in [0.15, 0.2) is 5.82 Å². The van der Waals surface area contributed by atoms with Crippen LogP contribution in [0.1, 0.15) is 20.2 Å². The Morgan fingerprint density at radius 1 is 1.47 bits per heavy atom. The van der Waals surface area contributed by atoms with Crippen LogP contribution in [0.3, 0.4) is 0 Å². The zero-order chi connectivity index (χ0) is 12.6. The second kappa shape index (κ2) is 4.21. The Hall–Kier alpha value is -1.82. The van der Waals surface area contributed by atoms with Crippen molar-refractivity contribution in [3.8, 4) is 0 Å². The molecule has 0 unspecified atom stereocenters. The zero-order valence-electron chi connectivity index (χ0n) is 9.94. The van der Waals surface area contributed by atoms with Crippen molar-refractivity contribution in [2.24, 2.45) is 7.05 Å². The fourth-order valence-electron chi connectivity index (χ4n) is 1.55. The van der Waals surface area contributed by atoms with Gasteiger partial charge in [-0.05, 0) is 26.0 Å². The molecule has 2 rings (SSSR count). The van der Waals surface area contributed by atoms with Crippen LogP contribution in [0.5, 0.6) is 0 Å². The molecule has 0 saturated carbocycles. The van der Waals surface area contributed by atoms with Gasteiger partial charge in [-0.1, -0.05) is 0 Å². The number of nitrogens with one attached hydrogen (secondary N) is 1. The summed E-state index contributed by atoms with van der Waals surface area (Å²) in [7, 11) is 1.75. The minimum atomic E-state index is -0.155. The highest BCUT2D eigenvalue weighted by Gasteiger charge is 2.15. The fourth-order valence-corrected chi connectivity index (χ4v) is 2.31. The minimum Gasteiger partial charge on any atom is -0.394 e. The maximum Gasteiger partial charge on any atom is 0.266 e. The largest absolute Gasteiger partial charge is 0.394 e. The lowest BCUT2D eigenvalue weighted by molar-refractivity contribution is 0.102. The van der Waals surface area contributed by atoms with E-state index in [1.165, 1.54) is 11.3 Å². The number of amides is 1. The quantitative estimate of drug-likeness (QED) is 0.855. The first-order valence-electron chi connectivity index (χ1n) is 5.16. The predicted molar refractivity (Wildman–Crippen MR) is 69.4 cm³/mol. The first-order valence-corrected chi connectivity index (χ1v) is 5.97. The van der Waals surface area contributed by atoms with Crippen LogP contribution in [-0.2, 0) is 7.05 Å². The van der Waals surface area contributed by atoms with Crippen LogP contribution >= 0.6 is 11.3 Å². The summed E-state index contributed by atoms with van der Waals surface area (Å²) in [6.45, 7) is 3.77.